The molecule has 2 heterocycles. The molecule has 0 aliphatic heterocycles. The number of carbonyl (C=O) groups excluding carboxylic acids is 1. The van der Waals surface area contributed by atoms with E-state index < -0.39 is 16.1 Å². The van der Waals surface area contributed by atoms with Crippen LogP contribution < -0.4 is 10.0 Å². The summed E-state index contributed by atoms with van der Waals surface area (Å²) in [5.74, 6) is 1.52. The monoisotopic (exact) mass is 577 g/mol. The summed E-state index contributed by atoms with van der Waals surface area (Å²) >= 11 is 0. The number of nitrogens with zero attached hydrogens (tertiary/aromatic N) is 3. The first kappa shape index (κ1) is 29.7. The van der Waals surface area contributed by atoms with E-state index >= 15 is 0 Å². The quantitative estimate of drug-likeness (QED) is 0.264. The predicted molar refractivity (Wildman–Crippen MR) is 157 cm³/mol. The van der Waals surface area contributed by atoms with Crippen molar-refractivity contribution in [3.63, 3.8) is 0 Å². The number of hydrogen-bond acceptors (Lipinski definition) is 6. The van der Waals surface area contributed by atoms with Gasteiger partial charge in [-0.2, -0.15) is 0 Å². The van der Waals surface area contributed by atoms with Gasteiger partial charge in [-0.3, -0.25) is 9.36 Å². The van der Waals surface area contributed by atoms with E-state index in [4.69, 9.17) is 19.9 Å². The summed E-state index contributed by atoms with van der Waals surface area (Å²) in [7, 11) is -3.91. The van der Waals surface area contributed by atoms with Gasteiger partial charge in [0.25, 0.3) is 16.5 Å². The van der Waals surface area contributed by atoms with Crippen molar-refractivity contribution in [3.8, 4) is 5.69 Å². The third kappa shape index (κ3) is 7.10. The average Bonchev–Trinajstić information content (AvgIpc) is 3.58. The van der Waals surface area contributed by atoms with Gasteiger partial charge in [-0.15, -0.1) is 0 Å². The first-order valence-electron chi connectivity index (χ1n) is 13.5. The average molecular weight is 578 g/mol. The van der Waals surface area contributed by atoms with Crippen molar-refractivity contribution in [3.05, 3.63) is 82.8 Å². The Balaban J connectivity index is 0.00000124. The lowest BCUT2D eigenvalue weighted by molar-refractivity contribution is -0.122. The van der Waals surface area contributed by atoms with Gasteiger partial charge >= 0.3 is 6.03 Å². The SMILES string of the molecule is Cc1ccc(S(=O)(=O)NC(=O)NCCc2ccc(-n3c(C4CCCC4)nc4c(C)cc(C)nc43)cc2)cc1.O=CO. The highest BCUT2D eigenvalue weighted by Gasteiger charge is 2.26. The zero-order chi connectivity index (χ0) is 29.6. The number of hydrogen-bond donors (Lipinski definition) is 3. The second kappa shape index (κ2) is 12.9. The zero-order valence-electron chi connectivity index (χ0n) is 23.4. The fraction of sp³-hybridized carbons (Fsp3) is 0.333. The number of aryl methyl sites for hydroxylation is 3. The van der Waals surface area contributed by atoms with Crippen molar-refractivity contribution in [2.24, 2.45) is 0 Å². The fourth-order valence-corrected chi connectivity index (χ4v) is 6.08. The van der Waals surface area contributed by atoms with Crippen molar-refractivity contribution in [1.82, 2.24) is 24.6 Å². The molecule has 5 rings (SSSR count). The number of nitrogens with one attached hydrogen (secondary N) is 2. The van der Waals surface area contributed by atoms with E-state index in [9.17, 15) is 13.2 Å². The van der Waals surface area contributed by atoms with Crippen molar-refractivity contribution in [2.75, 3.05) is 6.54 Å². The predicted octanol–water partition coefficient (Wildman–Crippen LogP) is 4.93. The Labute approximate surface area is 239 Å². The Morgan fingerprint density at radius 1 is 1.02 bits per heavy atom. The summed E-state index contributed by atoms with van der Waals surface area (Å²) in [4.78, 5) is 30.5. The normalized spacial score (nSPS) is 13.4. The van der Waals surface area contributed by atoms with Crippen molar-refractivity contribution < 1.29 is 23.1 Å². The first-order valence-corrected chi connectivity index (χ1v) is 15.0. The molecule has 1 aliphatic carbocycles. The van der Waals surface area contributed by atoms with E-state index in [1.807, 2.05) is 26.0 Å². The summed E-state index contributed by atoms with van der Waals surface area (Å²) in [6.45, 7) is 6.02. The Kier molecular flexibility index (Phi) is 9.38. The molecular formula is C30H35N5O5S. The molecule has 0 spiro atoms. The second-order valence-electron chi connectivity index (χ2n) is 10.2. The molecule has 216 valence electrons. The Hall–Kier alpha value is -4.25. The summed E-state index contributed by atoms with van der Waals surface area (Å²) in [5.41, 5.74) is 6.95. The molecule has 0 atom stereocenters. The number of sulfonamides is 1. The zero-order valence-corrected chi connectivity index (χ0v) is 24.2. The maximum atomic E-state index is 12.4. The van der Waals surface area contributed by atoms with Crippen LogP contribution in [-0.2, 0) is 21.2 Å². The number of carboxylic acid groups (broad SMARTS) is 1. The van der Waals surface area contributed by atoms with Crippen LogP contribution in [0.25, 0.3) is 16.9 Å². The number of fused-ring (bicyclic) bond motifs is 1. The lowest BCUT2D eigenvalue weighted by atomic mass is 10.1. The van der Waals surface area contributed by atoms with Gasteiger partial charge in [-0.25, -0.2) is 27.9 Å². The lowest BCUT2D eigenvalue weighted by Crippen LogP contribution is -2.40. The minimum Gasteiger partial charge on any atom is -0.483 e. The largest absolute Gasteiger partial charge is 0.483 e. The smallest absolute Gasteiger partial charge is 0.328 e. The second-order valence-corrected chi connectivity index (χ2v) is 11.9. The van der Waals surface area contributed by atoms with Crippen molar-refractivity contribution >= 4 is 33.7 Å². The van der Waals surface area contributed by atoms with E-state index in [1.54, 1.807) is 12.1 Å². The van der Waals surface area contributed by atoms with Crippen LogP contribution in [0.1, 0.15) is 59.8 Å². The van der Waals surface area contributed by atoms with Gasteiger partial charge < -0.3 is 10.4 Å². The number of pyridine rings is 1. The van der Waals surface area contributed by atoms with E-state index in [1.165, 1.54) is 25.0 Å². The molecule has 0 bridgehead atoms. The minimum absolute atomic E-state index is 0.0534. The van der Waals surface area contributed by atoms with E-state index in [0.717, 1.165) is 57.9 Å². The molecule has 0 radical (unpaired) electrons. The number of urea groups is 1. The maximum Gasteiger partial charge on any atom is 0.328 e. The van der Waals surface area contributed by atoms with Crippen LogP contribution in [0.4, 0.5) is 4.79 Å². The third-order valence-electron chi connectivity index (χ3n) is 7.13. The molecule has 2 aromatic heterocycles. The lowest BCUT2D eigenvalue weighted by Gasteiger charge is -2.14. The number of benzene rings is 2. The van der Waals surface area contributed by atoms with Crippen LogP contribution in [-0.4, -0.2) is 47.1 Å². The Bertz CT molecular complexity index is 1620. The number of rotatable bonds is 7. The molecule has 2 aromatic carbocycles. The molecule has 11 heteroatoms. The number of amides is 2. The molecule has 4 aromatic rings. The molecule has 1 fully saturated rings. The van der Waals surface area contributed by atoms with Gasteiger partial charge in [-0.05, 0) is 81.5 Å². The van der Waals surface area contributed by atoms with Gasteiger partial charge in [0, 0.05) is 23.8 Å². The summed E-state index contributed by atoms with van der Waals surface area (Å²) < 4.78 is 29.1. The van der Waals surface area contributed by atoms with Crippen LogP contribution in [0.15, 0.2) is 59.5 Å². The van der Waals surface area contributed by atoms with Gasteiger partial charge in [0.15, 0.2) is 5.65 Å². The topological polar surface area (TPSA) is 143 Å². The highest BCUT2D eigenvalue weighted by molar-refractivity contribution is 7.90. The molecule has 1 aliphatic rings. The highest BCUT2D eigenvalue weighted by atomic mass is 32.2. The van der Waals surface area contributed by atoms with Crippen LogP contribution in [0.2, 0.25) is 0 Å². The summed E-state index contributed by atoms with van der Waals surface area (Å²) in [5, 5.41) is 9.53. The minimum atomic E-state index is -3.91. The number of imidazole rings is 1. The molecule has 1 saturated carbocycles. The van der Waals surface area contributed by atoms with Crippen molar-refractivity contribution in [2.45, 2.75) is 63.7 Å². The van der Waals surface area contributed by atoms with Gasteiger partial charge in [0.1, 0.15) is 11.3 Å². The molecular weight excluding hydrogens is 542 g/mol. The van der Waals surface area contributed by atoms with Crippen molar-refractivity contribution in [1.29, 1.82) is 0 Å². The third-order valence-corrected chi connectivity index (χ3v) is 8.48. The standard InChI is InChI=1S/C29H33N5O3S.CH2O2/c1-19-8-14-25(15-9-19)38(36,37)33-29(35)30-17-16-22-10-12-24(13-11-22)34-27(23-6-4-5-7-23)32-26-20(2)18-21(3)31-28(26)34;2-1-3/h8-15,18,23H,4-7,16-17H2,1-3H3,(H2,30,33,35);1H,(H,2,3). The molecule has 41 heavy (non-hydrogen) atoms. The van der Waals surface area contributed by atoms with Gasteiger partial charge in [0.05, 0.1) is 4.90 Å². The fourth-order valence-electron chi connectivity index (χ4n) is 5.16. The van der Waals surface area contributed by atoms with Crippen LogP contribution in [0, 0.1) is 20.8 Å². The molecule has 2 amide bonds. The van der Waals surface area contributed by atoms with Crippen LogP contribution in [0.3, 0.4) is 0 Å². The van der Waals surface area contributed by atoms with Crippen LogP contribution >= 0.6 is 0 Å². The molecule has 0 unspecified atom stereocenters. The van der Waals surface area contributed by atoms with Gasteiger partial charge in [-0.1, -0.05) is 42.7 Å². The van der Waals surface area contributed by atoms with E-state index in [2.05, 4.69) is 39.7 Å². The molecule has 10 nitrogen and oxygen atoms in total. The number of carbonyl (C=O) groups is 2. The Morgan fingerprint density at radius 3 is 2.29 bits per heavy atom. The number of aromatic nitrogens is 3. The van der Waals surface area contributed by atoms with E-state index in [0.29, 0.717) is 18.9 Å². The first-order chi connectivity index (χ1) is 19.6. The van der Waals surface area contributed by atoms with Gasteiger partial charge in [0.2, 0.25) is 0 Å². The van der Waals surface area contributed by atoms with Crippen LogP contribution in [0.5, 0.6) is 0 Å². The highest BCUT2D eigenvalue weighted by Crippen LogP contribution is 2.37. The molecule has 0 saturated heterocycles. The maximum absolute atomic E-state index is 12.4. The summed E-state index contributed by atoms with van der Waals surface area (Å²) in [6, 6.07) is 15.9. The van der Waals surface area contributed by atoms with E-state index in [-0.39, 0.29) is 11.4 Å². The Morgan fingerprint density at radius 2 is 1.66 bits per heavy atom. The molecule has 3 N–H and O–H groups in total. The summed E-state index contributed by atoms with van der Waals surface area (Å²) in [6.07, 6.45) is 5.31.